The Balaban J connectivity index is 2.02. The predicted octanol–water partition coefficient (Wildman–Crippen LogP) is 2.65. The van der Waals surface area contributed by atoms with Crippen molar-refractivity contribution in [2.75, 3.05) is 0 Å². The van der Waals surface area contributed by atoms with Gasteiger partial charge in [0, 0.05) is 0 Å². The number of nitrogens with zero attached hydrogens (tertiary/aromatic N) is 1. The van der Waals surface area contributed by atoms with Crippen molar-refractivity contribution in [2.45, 2.75) is 32.1 Å². The zero-order chi connectivity index (χ0) is 7.68. The lowest BCUT2D eigenvalue weighted by molar-refractivity contribution is 0.491. The van der Waals surface area contributed by atoms with Crippen molar-refractivity contribution < 1.29 is 0 Å². The minimum atomic E-state index is 0.674. The van der Waals surface area contributed by atoms with E-state index in [9.17, 15) is 0 Å². The average molecular weight is 147 g/mol. The molecule has 11 heavy (non-hydrogen) atoms. The number of nitriles is 1. The normalized spacial score (nSPS) is 34.6. The summed E-state index contributed by atoms with van der Waals surface area (Å²) in [5.41, 5.74) is 1.40. The summed E-state index contributed by atoms with van der Waals surface area (Å²) in [5, 5.41) is 8.50. The van der Waals surface area contributed by atoms with Crippen molar-refractivity contribution in [3.8, 4) is 6.07 Å². The molecular formula is C10H13N. The van der Waals surface area contributed by atoms with Gasteiger partial charge in [-0.25, -0.2) is 0 Å². The molecule has 0 amide bonds. The van der Waals surface area contributed by atoms with Crippen molar-refractivity contribution in [2.24, 2.45) is 11.8 Å². The van der Waals surface area contributed by atoms with Crippen LogP contribution >= 0.6 is 0 Å². The van der Waals surface area contributed by atoms with Crippen LogP contribution in [-0.4, -0.2) is 0 Å². The first kappa shape index (κ1) is 6.91. The quantitative estimate of drug-likeness (QED) is 0.523. The Morgan fingerprint density at radius 1 is 1.55 bits per heavy atom. The Hall–Kier alpha value is -0.770. The number of hydrogen-bond donors (Lipinski definition) is 0. The van der Waals surface area contributed by atoms with E-state index in [0.717, 1.165) is 11.8 Å². The monoisotopic (exact) mass is 147 g/mol. The summed E-state index contributed by atoms with van der Waals surface area (Å²) in [5.74, 6) is 1.76. The summed E-state index contributed by atoms with van der Waals surface area (Å²) in [4.78, 5) is 0. The fraction of sp³-hybridized carbons (Fsp3) is 0.700. The Morgan fingerprint density at radius 2 is 2.45 bits per heavy atom. The van der Waals surface area contributed by atoms with E-state index in [2.05, 4.69) is 12.1 Å². The van der Waals surface area contributed by atoms with Gasteiger partial charge in [-0.2, -0.15) is 5.26 Å². The molecule has 0 heterocycles. The molecule has 0 aromatic rings. The standard InChI is InChI=1S/C10H13N/c11-5-4-8-6-9-2-1-3-10(9)7-8/h6,9-10H,1-4,7H2. The summed E-state index contributed by atoms with van der Waals surface area (Å²) >= 11 is 0. The van der Waals surface area contributed by atoms with Crippen molar-refractivity contribution in [3.05, 3.63) is 11.6 Å². The van der Waals surface area contributed by atoms with Crippen LogP contribution in [0.2, 0.25) is 0 Å². The van der Waals surface area contributed by atoms with E-state index < -0.39 is 0 Å². The summed E-state index contributed by atoms with van der Waals surface area (Å²) in [6.07, 6.45) is 8.44. The van der Waals surface area contributed by atoms with E-state index in [1.165, 1.54) is 31.3 Å². The second-order valence-corrected chi connectivity index (χ2v) is 3.72. The van der Waals surface area contributed by atoms with Crippen LogP contribution in [0.1, 0.15) is 32.1 Å². The zero-order valence-electron chi connectivity index (χ0n) is 6.71. The third kappa shape index (κ3) is 1.18. The van der Waals surface area contributed by atoms with Crippen LogP contribution in [0.4, 0.5) is 0 Å². The first-order valence-electron chi connectivity index (χ1n) is 4.46. The van der Waals surface area contributed by atoms with Crippen LogP contribution in [0.3, 0.4) is 0 Å². The Kier molecular flexibility index (Phi) is 1.69. The molecule has 1 saturated carbocycles. The minimum absolute atomic E-state index is 0.674. The Morgan fingerprint density at radius 3 is 3.18 bits per heavy atom. The molecule has 2 unspecified atom stereocenters. The first-order chi connectivity index (χ1) is 5.40. The molecule has 0 N–H and O–H groups in total. The molecule has 0 aromatic carbocycles. The summed E-state index contributed by atoms with van der Waals surface area (Å²) in [6.45, 7) is 0. The van der Waals surface area contributed by atoms with E-state index in [4.69, 9.17) is 5.26 Å². The number of fused-ring (bicyclic) bond motifs is 1. The molecule has 2 aliphatic rings. The molecule has 0 aromatic heterocycles. The molecule has 0 spiro atoms. The lowest BCUT2D eigenvalue weighted by Crippen LogP contribution is -1.96. The van der Waals surface area contributed by atoms with E-state index in [-0.39, 0.29) is 0 Å². The van der Waals surface area contributed by atoms with Gasteiger partial charge >= 0.3 is 0 Å². The summed E-state index contributed by atoms with van der Waals surface area (Å²) < 4.78 is 0. The summed E-state index contributed by atoms with van der Waals surface area (Å²) in [7, 11) is 0. The fourth-order valence-corrected chi connectivity index (χ4v) is 2.48. The highest BCUT2D eigenvalue weighted by Crippen LogP contribution is 2.43. The first-order valence-corrected chi connectivity index (χ1v) is 4.46. The third-order valence-electron chi connectivity index (χ3n) is 3.00. The van der Waals surface area contributed by atoms with Crippen molar-refractivity contribution >= 4 is 0 Å². The summed E-state index contributed by atoms with van der Waals surface area (Å²) in [6, 6.07) is 2.23. The van der Waals surface area contributed by atoms with Gasteiger partial charge in [0.25, 0.3) is 0 Å². The predicted molar refractivity (Wildman–Crippen MR) is 43.8 cm³/mol. The van der Waals surface area contributed by atoms with Gasteiger partial charge in [-0.3, -0.25) is 0 Å². The zero-order valence-corrected chi connectivity index (χ0v) is 6.71. The minimum Gasteiger partial charge on any atom is -0.198 e. The van der Waals surface area contributed by atoms with E-state index in [0.29, 0.717) is 6.42 Å². The van der Waals surface area contributed by atoms with Crippen LogP contribution in [0.25, 0.3) is 0 Å². The molecule has 2 aliphatic carbocycles. The topological polar surface area (TPSA) is 23.8 Å². The highest BCUT2D eigenvalue weighted by molar-refractivity contribution is 5.18. The molecule has 1 nitrogen and oxygen atoms in total. The van der Waals surface area contributed by atoms with Gasteiger partial charge in [0.1, 0.15) is 0 Å². The molecular weight excluding hydrogens is 134 g/mol. The van der Waals surface area contributed by atoms with Crippen LogP contribution in [0, 0.1) is 23.2 Å². The largest absolute Gasteiger partial charge is 0.198 e. The molecule has 1 heteroatoms. The molecule has 2 rings (SSSR count). The Bertz CT molecular complexity index is 222. The van der Waals surface area contributed by atoms with Gasteiger partial charge < -0.3 is 0 Å². The molecule has 1 fully saturated rings. The van der Waals surface area contributed by atoms with Gasteiger partial charge in [-0.15, -0.1) is 0 Å². The van der Waals surface area contributed by atoms with Gasteiger partial charge in [-0.05, 0) is 31.1 Å². The van der Waals surface area contributed by atoms with E-state index >= 15 is 0 Å². The molecule has 0 saturated heterocycles. The highest BCUT2D eigenvalue weighted by atomic mass is 14.4. The van der Waals surface area contributed by atoms with Crippen molar-refractivity contribution in [3.63, 3.8) is 0 Å². The average Bonchev–Trinajstić information content (AvgIpc) is 2.46. The van der Waals surface area contributed by atoms with Crippen LogP contribution in [-0.2, 0) is 0 Å². The lowest BCUT2D eigenvalue weighted by atomic mass is 9.99. The van der Waals surface area contributed by atoms with Crippen LogP contribution in [0.5, 0.6) is 0 Å². The van der Waals surface area contributed by atoms with Crippen molar-refractivity contribution in [1.82, 2.24) is 0 Å². The maximum Gasteiger partial charge on any atom is 0.0666 e. The number of allylic oxidation sites excluding steroid dienone is 2. The molecule has 0 aliphatic heterocycles. The van der Waals surface area contributed by atoms with E-state index in [1.807, 2.05) is 0 Å². The second kappa shape index (κ2) is 2.70. The molecule has 0 radical (unpaired) electrons. The van der Waals surface area contributed by atoms with Crippen LogP contribution < -0.4 is 0 Å². The molecule has 58 valence electrons. The highest BCUT2D eigenvalue weighted by Gasteiger charge is 2.30. The number of hydrogen-bond acceptors (Lipinski definition) is 1. The van der Waals surface area contributed by atoms with E-state index in [1.54, 1.807) is 0 Å². The lowest BCUT2D eigenvalue weighted by Gasteiger charge is -2.05. The molecule has 0 bridgehead atoms. The van der Waals surface area contributed by atoms with Crippen LogP contribution in [0.15, 0.2) is 11.6 Å². The van der Waals surface area contributed by atoms with Gasteiger partial charge in [0.15, 0.2) is 0 Å². The van der Waals surface area contributed by atoms with Gasteiger partial charge in [-0.1, -0.05) is 18.1 Å². The van der Waals surface area contributed by atoms with Gasteiger partial charge in [0.2, 0.25) is 0 Å². The SMILES string of the molecule is N#CCC1=CC2CCCC2C1. The maximum atomic E-state index is 8.50. The maximum absolute atomic E-state index is 8.50. The second-order valence-electron chi connectivity index (χ2n) is 3.72. The molecule has 2 atom stereocenters. The van der Waals surface area contributed by atoms with Crippen molar-refractivity contribution in [1.29, 1.82) is 5.26 Å². The number of rotatable bonds is 1. The Labute approximate surface area is 67.7 Å². The smallest absolute Gasteiger partial charge is 0.0666 e. The third-order valence-corrected chi connectivity index (χ3v) is 3.00. The van der Waals surface area contributed by atoms with Gasteiger partial charge in [0.05, 0.1) is 12.5 Å². The fourth-order valence-electron chi connectivity index (χ4n) is 2.48.